The highest BCUT2D eigenvalue weighted by atomic mass is 16.5. The van der Waals surface area contributed by atoms with Crippen molar-refractivity contribution in [3.05, 3.63) is 106 Å². The molecule has 3 rings (SSSR count). The maximum Gasteiger partial charge on any atom is 0.123 e. The van der Waals surface area contributed by atoms with E-state index in [-0.39, 0.29) is 6.54 Å². The summed E-state index contributed by atoms with van der Waals surface area (Å²) in [6.45, 7) is 1.18. The molecule has 26 heavy (non-hydrogen) atoms. The lowest BCUT2D eigenvalue weighted by Crippen LogP contribution is -1.99. The molecule has 0 saturated heterocycles. The Morgan fingerprint density at radius 3 is 1.65 bits per heavy atom. The SMILES string of the molecule is [N-]=[N+]=NCc1cc(OCc2ccccc2)cc(OCc2ccccc2)c1. The molecule has 130 valence electrons. The molecule has 0 aliphatic heterocycles. The molecule has 0 heterocycles. The third-order valence-corrected chi connectivity index (χ3v) is 3.75. The van der Waals surface area contributed by atoms with Crippen LogP contribution in [0.25, 0.3) is 10.4 Å². The summed E-state index contributed by atoms with van der Waals surface area (Å²) in [7, 11) is 0. The Hall–Kier alpha value is -3.43. The second-order valence-corrected chi connectivity index (χ2v) is 5.75. The van der Waals surface area contributed by atoms with Gasteiger partial charge in [-0.05, 0) is 34.4 Å². The summed E-state index contributed by atoms with van der Waals surface area (Å²) < 4.78 is 11.8. The highest BCUT2D eigenvalue weighted by molar-refractivity contribution is 5.39. The van der Waals surface area contributed by atoms with Crippen molar-refractivity contribution in [1.82, 2.24) is 0 Å². The van der Waals surface area contributed by atoms with Gasteiger partial charge in [0.2, 0.25) is 0 Å². The minimum Gasteiger partial charge on any atom is -0.489 e. The van der Waals surface area contributed by atoms with Crippen LogP contribution in [-0.2, 0) is 19.8 Å². The quantitative estimate of drug-likeness (QED) is 0.300. The lowest BCUT2D eigenvalue weighted by atomic mass is 10.2. The molecule has 0 aromatic heterocycles. The van der Waals surface area contributed by atoms with Crippen LogP contribution in [-0.4, -0.2) is 0 Å². The summed E-state index contributed by atoms with van der Waals surface area (Å²) in [6, 6.07) is 25.5. The molecule has 5 nitrogen and oxygen atoms in total. The molecule has 0 aliphatic carbocycles. The van der Waals surface area contributed by atoms with Crippen LogP contribution in [0.3, 0.4) is 0 Å². The third kappa shape index (κ3) is 5.30. The van der Waals surface area contributed by atoms with Crippen LogP contribution in [0.2, 0.25) is 0 Å². The van der Waals surface area contributed by atoms with E-state index in [9.17, 15) is 0 Å². The van der Waals surface area contributed by atoms with E-state index in [2.05, 4.69) is 10.0 Å². The topological polar surface area (TPSA) is 67.2 Å². The first-order valence-electron chi connectivity index (χ1n) is 8.32. The van der Waals surface area contributed by atoms with Crippen LogP contribution in [0.1, 0.15) is 16.7 Å². The van der Waals surface area contributed by atoms with Crippen LogP contribution < -0.4 is 9.47 Å². The largest absolute Gasteiger partial charge is 0.489 e. The van der Waals surface area contributed by atoms with Crippen molar-refractivity contribution in [2.24, 2.45) is 5.11 Å². The molecule has 0 atom stereocenters. The first-order chi connectivity index (χ1) is 12.8. The van der Waals surface area contributed by atoms with Gasteiger partial charge in [-0.3, -0.25) is 0 Å². The van der Waals surface area contributed by atoms with E-state index < -0.39 is 0 Å². The van der Waals surface area contributed by atoms with Gasteiger partial charge in [-0.1, -0.05) is 65.8 Å². The Kier molecular flexibility index (Phi) is 6.13. The van der Waals surface area contributed by atoms with Crippen molar-refractivity contribution in [2.45, 2.75) is 19.8 Å². The lowest BCUT2D eigenvalue weighted by molar-refractivity contribution is 0.289. The maximum atomic E-state index is 8.57. The number of nitrogens with zero attached hydrogens (tertiary/aromatic N) is 3. The molecule has 0 saturated carbocycles. The van der Waals surface area contributed by atoms with E-state index in [1.807, 2.05) is 78.9 Å². The predicted octanol–water partition coefficient (Wildman–Crippen LogP) is 5.65. The number of benzene rings is 3. The molecule has 3 aromatic rings. The molecule has 0 fully saturated rings. The van der Waals surface area contributed by atoms with Crippen molar-refractivity contribution in [2.75, 3.05) is 0 Å². The molecule has 0 unspecified atom stereocenters. The van der Waals surface area contributed by atoms with Crippen LogP contribution in [0.4, 0.5) is 0 Å². The van der Waals surface area contributed by atoms with Gasteiger partial charge in [-0.2, -0.15) is 0 Å². The van der Waals surface area contributed by atoms with Crippen LogP contribution in [0.5, 0.6) is 11.5 Å². The zero-order chi connectivity index (χ0) is 18.0. The highest BCUT2D eigenvalue weighted by Gasteiger charge is 2.05. The molecule has 5 heteroatoms. The van der Waals surface area contributed by atoms with Gasteiger partial charge < -0.3 is 9.47 Å². The summed E-state index contributed by atoms with van der Waals surface area (Å²) in [5, 5.41) is 3.63. The van der Waals surface area contributed by atoms with Crippen molar-refractivity contribution in [3.8, 4) is 11.5 Å². The molecule has 0 spiro atoms. The molecular weight excluding hydrogens is 326 g/mol. The van der Waals surface area contributed by atoms with E-state index in [1.165, 1.54) is 0 Å². The van der Waals surface area contributed by atoms with Crippen molar-refractivity contribution in [1.29, 1.82) is 0 Å². The number of hydrogen-bond donors (Lipinski definition) is 0. The molecule has 0 bridgehead atoms. The van der Waals surface area contributed by atoms with E-state index in [0.717, 1.165) is 16.7 Å². The summed E-state index contributed by atoms with van der Waals surface area (Å²) in [4.78, 5) is 2.82. The molecule has 3 aromatic carbocycles. The summed E-state index contributed by atoms with van der Waals surface area (Å²) in [5.41, 5.74) is 11.6. The zero-order valence-electron chi connectivity index (χ0n) is 14.3. The molecule has 0 amide bonds. The zero-order valence-corrected chi connectivity index (χ0v) is 14.3. The first kappa shape index (κ1) is 17.4. The van der Waals surface area contributed by atoms with E-state index in [4.69, 9.17) is 15.0 Å². The third-order valence-electron chi connectivity index (χ3n) is 3.75. The minimum absolute atomic E-state index is 0.251. The number of azide groups is 1. The van der Waals surface area contributed by atoms with Gasteiger partial charge in [0.1, 0.15) is 24.7 Å². The van der Waals surface area contributed by atoms with E-state index >= 15 is 0 Å². The molecule has 0 aliphatic rings. The minimum atomic E-state index is 0.251. The smallest absolute Gasteiger partial charge is 0.123 e. The Balaban J connectivity index is 1.73. The first-order valence-corrected chi connectivity index (χ1v) is 8.32. The van der Waals surface area contributed by atoms with Gasteiger partial charge in [0.05, 0.1) is 6.54 Å². The predicted molar refractivity (Wildman–Crippen MR) is 101 cm³/mol. The van der Waals surface area contributed by atoms with Gasteiger partial charge in [0.15, 0.2) is 0 Å². The van der Waals surface area contributed by atoms with Crippen molar-refractivity contribution < 1.29 is 9.47 Å². The monoisotopic (exact) mass is 345 g/mol. The number of ether oxygens (including phenoxy) is 2. The Morgan fingerprint density at radius 2 is 1.19 bits per heavy atom. The second kappa shape index (κ2) is 9.16. The number of hydrogen-bond acceptors (Lipinski definition) is 3. The fourth-order valence-corrected chi connectivity index (χ4v) is 2.48. The van der Waals surface area contributed by atoms with Gasteiger partial charge in [-0.25, -0.2) is 0 Å². The molecule has 0 N–H and O–H groups in total. The summed E-state index contributed by atoms with van der Waals surface area (Å²) >= 11 is 0. The fourth-order valence-electron chi connectivity index (χ4n) is 2.48. The Labute approximate surface area is 152 Å². The van der Waals surface area contributed by atoms with E-state index in [0.29, 0.717) is 24.7 Å². The van der Waals surface area contributed by atoms with Crippen LogP contribution >= 0.6 is 0 Å². The van der Waals surface area contributed by atoms with Crippen LogP contribution in [0, 0.1) is 0 Å². The fraction of sp³-hybridized carbons (Fsp3) is 0.143. The highest BCUT2D eigenvalue weighted by Crippen LogP contribution is 2.25. The Morgan fingerprint density at radius 1 is 0.692 bits per heavy atom. The lowest BCUT2D eigenvalue weighted by Gasteiger charge is -2.12. The molecule has 0 radical (unpaired) electrons. The standard InChI is InChI=1S/C21H19N3O2/c22-24-23-14-19-11-20(25-15-17-7-3-1-4-8-17)13-21(12-19)26-16-18-9-5-2-6-10-18/h1-13H,14-16H2. The molecular formula is C21H19N3O2. The van der Waals surface area contributed by atoms with Crippen molar-refractivity contribution >= 4 is 0 Å². The van der Waals surface area contributed by atoms with E-state index in [1.54, 1.807) is 0 Å². The second-order valence-electron chi connectivity index (χ2n) is 5.75. The summed E-state index contributed by atoms with van der Waals surface area (Å²) in [5.74, 6) is 1.37. The van der Waals surface area contributed by atoms with Crippen LogP contribution in [0.15, 0.2) is 84.0 Å². The average Bonchev–Trinajstić information content (AvgIpc) is 2.71. The normalized spacial score (nSPS) is 10.0. The summed E-state index contributed by atoms with van der Waals surface area (Å²) in [6.07, 6.45) is 0. The van der Waals surface area contributed by atoms with Gasteiger partial charge >= 0.3 is 0 Å². The van der Waals surface area contributed by atoms with Gasteiger partial charge in [0.25, 0.3) is 0 Å². The number of rotatable bonds is 8. The Bertz CT molecular complexity index is 815. The maximum absolute atomic E-state index is 8.57. The van der Waals surface area contributed by atoms with Gasteiger partial charge in [-0.15, -0.1) is 0 Å². The van der Waals surface area contributed by atoms with Crippen molar-refractivity contribution in [3.63, 3.8) is 0 Å². The van der Waals surface area contributed by atoms with Gasteiger partial charge in [0, 0.05) is 11.0 Å². The average molecular weight is 345 g/mol.